The van der Waals surface area contributed by atoms with Crippen molar-refractivity contribution in [3.8, 4) is 5.69 Å². The third kappa shape index (κ3) is 4.31. The molecule has 1 amide bonds. The normalized spacial score (nSPS) is 11.0. The van der Waals surface area contributed by atoms with Gasteiger partial charge in [0, 0.05) is 36.9 Å². The number of hydrogen-bond acceptors (Lipinski definition) is 6. The Balaban J connectivity index is 1.63. The lowest BCUT2D eigenvalue weighted by molar-refractivity contribution is -0.113. The summed E-state index contributed by atoms with van der Waals surface area (Å²) in [5, 5.41) is 14.8. The first-order chi connectivity index (χ1) is 14.5. The van der Waals surface area contributed by atoms with E-state index in [-0.39, 0.29) is 11.7 Å². The fraction of sp³-hybridized carbons (Fsp3) is 0.238. The van der Waals surface area contributed by atoms with Gasteiger partial charge in [0.15, 0.2) is 10.3 Å². The van der Waals surface area contributed by atoms with Crippen molar-refractivity contribution < 1.29 is 4.79 Å². The quantitative estimate of drug-likeness (QED) is 0.441. The van der Waals surface area contributed by atoms with E-state index in [1.54, 1.807) is 6.20 Å². The number of aromatic nitrogens is 5. The van der Waals surface area contributed by atoms with Crippen LogP contribution < -0.4 is 5.32 Å². The molecule has 0 atom stereocenters. The first-order valence-electron chi connectivity index (χ1n) is 9.46. The Hall–Kier alpha value is -2.91. The number of carbonyl (C=O) groups excluding carboxylic acids is 1. The maximum atomic E-state index is 12.3. The number of thiazole rings is 1. The van der Waals surface area contributed by atoms with Crippen LogP contribution in [0.2, 0.25) is 0 Å². The number of anilines is 1. The van der Waals surface area contributed by atoms with Crippen LogP contribution in [0.1, 0.15) is 22.6 Å². The highest BCUT2D eigenvalue weighted by molar-refractivity contribution is 7.99. The van der Waals surface area contributed by atoms with Crippen LogP contribution in [-0.2, 0) is 18.3 Å². The summed E-state index contributed by atoms with van der Waals surface area (Å²) >= 11 is 2.77. The monoisotopic (exact) mass is 438 g/mol. The number of hydrogen-bond donors (Lipinski definition) is 1. The Morgan fingerprint density at radius 2 is 2.07 bits per heavy atom. The Morgan fingerprint density at radius 3 is 2.80 bits per heavy atom. The molecule has 3 heterocycles. The minimum Gasteiger partial charge on any atom is -0.354 e. The molecule has 0 radical (unpaired) electrons. The minimum absolute atomic E-state index is 0.116. The molecule has 0 saturated heterocycles. The summed E-state index contributed by atoms with van der Waals surface area (Å²) in [7, 11) is 2.02. The number of aryl methyl sites for hydroxylation is 2. The molecule has 0 spiro atoms. The third-order valence-electron chi connectivity index (χ3n) is 4.92. The molecule has 0 aliphatic carbocycles. The lowest BCUT2D eigenvalue weighted by atomic mass is 10.1. The first kappa shape index (κ1) is 20.4. The fourth-order valence-corrected chi connectivity index (χ4v) is 4.45. The van der Waals surface area contributed by atoms with Gasteiger partial charge in [0.1, 0.15) is 5.82 Å². The van der Waals surface area contributed by atoms with Crippen molar-refractivity contribution in [1.82, 2.24) is 24.3 Å². The molecule has 30 heavy (non-hydrogen) atoms. The molecule has 3 aromatic heterocycles. The predicted molar refractivity (Wildman–Crippen MR) is 121 cm³/mol. The van der Waals surface area contributed by atoms with Crippen molar-refractivity contribution in [3.05, 3.63) is 70.8 Å². The SMILES string of the molecule is Cc1cccc(-n2c(Cc3cccn3C)nnc2SCC(=O)Nc2nccs2)c1C. The summed E-state index contributed by atoms with van der Waals surface area (Å²) in [6.07, 6.45) is 4.34. The van der Waals surface area contributed by atoms with Crippen LogP contribution in [0.25, 0.3) is 5.69 Å². The number of rotatable bonds is 7. The van der Waals surface area contributed by atoms with E-state index >= 15 is 0 Å². The predicted octanol–water partition coefficient (Wildman–Crippen LogP) is 4.00. The van der Waals surface area contributed by atoms with E-state index in [4.69, 9.17) is 0 Å². The first-order valence-corrected chi connectivity index (χ1v) is 11.3. The average Bonchev–Trinajstić information content (AvgIpc) is 3.46. The van der Waals surface area contributed by atoms with Crippen molar-refractivity contribution in [1.29, 1.82) is 0 Å². The van der Waals surface area contributed by atoms with Gasteiger partial charge < -0.3 is 9.88 Å². The van der Waals surface area contributed by atoms with Crippen LogP contribution in [0.15, 0.2) is 53.3 Å². The summed E-state index contributed by atoms with van der Waals surface area (Å²) in [6.45, 7) is 4.19. The molecule has 9 heteroatoms. The highest BCUT2D eigenvalue weighted by Crippen LogP contribution is 2.27. The van der Waals surface area contributed by atoms with Gasteiger partial charge in [0.05, 0.1) is 11.4 Å². The molecule has 4 rings (SSSR count). The van der Waals surface area contributed by atoms with Gasteiger partial charge in [0.25, 0.3) is 0 Å². The van der Waals surface area contributed by atoms with Gasteiger partial charge in [-0.05, 0) is 43.2 Å². The standard InChI is InChI=1S/C21H22N6OS2/c1-14-6-4-8-17(15(14)2)27-18(12-16-7-5-10-26(16)3)24-25-21(27)30-13-19(28)23-20-22-9-11-29-20/h4-11H,12-13H2,1-3H3,(H,22,23,28). The molecule has 0 aliphatic heterocycles. The van der Waals surface area contributed by atoms with Crippen LogP contribution in [0.4, 0.5) is 5.13 Å². The fourth-order valence-electron chi connectivity index (χ4n) is 3.14. The highest BCUT2D eigenvalue weighted by Gasteiger charge is 2.19. The topological polar surface area (TPSA) is 77.6 Å². The van der Waals surface area contributed by atoms with Gasteiger partial charge >= 0.3 is 0 Å². The molecule has 154 valence electrons. The highest BCUT2D eigenvalue weighted by atomic mass is 32.2. The number of nitrogens with one attached hydrogen (secondary N) is 1. The Kier molecular flexibility index (Phi) is 6.01. The van der Waals surface area contributed by atoms with Crippen LogP contribution >= 0.6 is 23.1 Å². The van der Waals surface area contributed by atoms with Crippen molar-refractivity contribution in [3.63, 3.8) is 0 Å². The lowest BCUT2D eigenvalue weighted by Crippen LogP contribution is -2.14. The number of thioether (sulfide) groups is 1. The molecule has 0 bridgehead atoms. The zero-order chi connectivity index (χ0) is 21.1. The van der Waals surface area contributed by atoms with E-state index in [1.807, 2.05) is 30.8 Å². The molecule has 0 fully saturated rings. The van der Waals surface area contributed by atoms with Gasteiger partial charge in [-0.2, -0.15) is 0 Å². The Morgan fingerprint density at radius 1 is 1.20 bits per heavy atom. The second-order valence-corrected chi connectivity index (χ2v) is 8.75. The third-order valence-corrected chi connectivity index (χ3v) is 6.54. The van der Waals surface area contributed by atoms with Gasteiger partial charge in [-0.3, -0.25) is 9.36 Å². The number of amides is 1. The van der Waals surface area contributed by atoms with Gasteiger partial charge in [-0.25, -0.2) is 4.98 Å². The smallest absolute Gasteiger partial charge is 0.236 e. The Bertz CT molecular complexity index is 1160. The van der Waals surface area contributed by atoms with Gasteiger partial charge in [-0.15, -0.1) is 21.5 Å². The molecule has 1 aromatic carbocycles. The average molecular weight is 439 g/mol. The van der Waals surface area contributed by atoms with Crippen molar-refractivity contribution in [2.24, 2.45) is 7.05 Å². The molecule has 1 N–H and O–H groups in total. The number of carbonyl (C=O) groups is 1. The largest absolute Gasteiger partial charge is 0.354 e. The van der Waals surface area contributed by atoms with Gasteiger partial charge in [-0.1, -0.05) is 23.9 Å². The van der Waals surface area contributed by atoms with E-state index in [0.717, 1.165) is 17.2 Å². The van der Waals surface area contributed by atoms with Crippen LogP contribution in [0.5, 0.6) is 0 Å². The second-order valence-electron chi connectivity index (χ2n) is 6.91. The molecule has 0 unspecified atom stereocenters. The molecular formula is C21H22N6OS2. The van der Waals surface area contributed by atoms with Crippen molar-refractivity contribution in [2.75, 3.05) is 11.1 Å². The molecular weight excluding hydrogens is 416 g/mol. The van der Waals surface area contributed by atoms with Crippen molar-refractivity contribution in [2.45, 2.75) is 25.4 Å². The van der Waals surface area contributed by atoms with E-state index < -0.39 is 0 Å². The summed E-state index contributed by atoms with van der Waals surface area (Å²) in [4.78, 5) is 16.4. The maximum absolute atomic E-state index is 12.3. The summed E-state index contributed by atoms with van der Waals surface area (Å²) < 4.78 is 4.15. The summed E-state index contributed by atoms with van der Waals surface area (Å²) in [6, 6.07) is 10.3. The van der Waals surface area contributed by atoms with E-state index in [9.17, 15) is 4.79 Å². The minimum atomic E-state index is -0.116. The molecule has 0 aliphatic rings. The molecule has 0 saturated carbocycles. The second kappa shape index (κ2) is 8.85. The van der Waals surface area contributed by atoms with Crippen LogP contribution in [0, 0.1) is 13.8 Å². The summed E-state index contributed by atoms with van der Waals surface area (Å²) in [5.74, 6) is 0.954. The van der Waals surface area contributed by atoms with Crippen LogP contribution in [0.3, 0.4) is 0 Å². The maximum Gasteiger partial charge on any atom is 0.236 e. The Labute approximate surface area is 183 Å². The summed E-state index contributed by atoms with van der Waals surface area (Å²) in [5.41, 5.74) is 4.54. The molecule has 4 aromatic rings. The van der Waals surface area contributed by atoms with E-state index in [1.165, 1.54) is 34.2 Å². The van der Waals surface area contributed by atoms with Crippen molar-refractivity contribution >= 4 is 34.1 Å². The van der Waals surface area contributed by atoms with E-state index in [2.05, 4.69) is 61.7 Å². The zero-order valence-electron chi connectivity index (χ0n) is 17.0. The zero-order valence-corrected chi connectivity index (χ0v) is 18.6. The lowest BCUT2D eigenvalue weighted by Gasteiger charge is -2.14. The van der Waals surface area contributed by atoms with E-state index in [0.29, 0.717) is 16.7 Å². The van der Waals surface area contributed by atoms with Crippen LogP contribution in [-0.4, -0.2) is 36.0 Å². The number of benzene rings is 1. The molecule has 7 nitrogen and oxygen atoms in total. The van der Waals surface area contributed by atoms with Gasteiger partial charge in [0.2, 0.25) is 5.91 Å². The number of nitrogens with zero attached hydrogens (tertiary/aromatic N) is 5.